The van der Waals surface area contributed by atoms with Crippen LogP contribution in [0.5, 0.6) is 0 Å². The largest absolute Gasteiger partial charge is 0.473 e. The molecule has 0 aromatic carbocycles. The van der Waals surface area contributed by atoms with E-state index in [9.17, 15) is 4.79 Å². The molecule has 0 spiro atoms. The highest BCUT2D eigenvalue weighted by molar-refractivity contribution is 8.13. The Bertz CT molecular complexity index is 246. The molecular weight excluding hydrogens is 154 g/mol. The monoisotopic (exact) mass is 159 g/mol. The Morgan fingerprint density at radius 3 is 3.00 bits per heavy atom. The third-order valence-electron chi connectivity index (χ3n) is 0.865. The fraction of sp³-hybridized carbons (Fsp3) is 0.250. The van der Waals surface area contributed by atoms with Gasteiger partial charge in [-0.05, 0) is 0 Å². The fourth-order valence-electron chi connectivity index (χ4n) is 0.462. The van der Waals surface area contributed by atoms with Gasteiger partial charge in [0, 0.05) is 18.8 Å². The zero-order valence-electron chi connectivity index (χ0n) is 5.18. The lowest BCUT2D eigenvalue weighted by atomic mass is 10.9. The van der Waals surface area contributed by atoms with Gasteiger partial charge in [-0.15, -0.1) is 5.10 Å². The van der Waals surface area contributed by atoms with Gasteiger partial charge in [-0.25, -0.2) is 9.48 Å². The first-order valence-corrected chi connectivity index (χ1v) is 3.27. The van der Waals surface area contributed by atoms with E-state index in [4.69, 9.17) is 5.11 Å². The molecule has 0 aliphatic rings. The first-order valence-electron chi connectivity index (χ1n) is 2.45. The minimum atomic E-state index is -0.953. The van der Waals surface area contributed by atoms with E-state index >= 15 is 0 Å². The molecule has 0 amide bonds. The van der Waals surface area contributed by atoms with Crippen LogP contribution in [0, 0.1) is 0 Å². The van der Waals surface area contributed by atoms with E-state index < -0.39 is 5.30 Å². The molecule has 0 saturated carbocycles. The number of rotatable bonds is 1. The second kappa shape index (κ2) is 2.70. The van der Waals surface area contributed by atoms with Gasteiger partial charge in [-0.2, -0.15) is 0 Å². The molecule has 0 atom stereocenters. The number of aryl methyl sites for hydroxylation is 1. The molecule has 1 aromatic rings. The maximum absolute atomic E-state index is 10.1. The first kappa shape index (κ1) is 7.07. The molecule has 5 nitrogen and oxygen atoms in total. The van der Waals surface area contributed by atoms with Crippen molar-refractivity contribution in [3.05, 3.63) is 6.20 Å². The van der Waals surface area contributed by atoms with Crippen molar-refractivity contribution in [2.45, 2.75) is 5.03 Å². The Kier molecular flexibility index (Phi) is 1.91. The van der Waals surface area contributed by atoms with Crippen molar-refractivity contribution in [1.82, 2.24) is 15.0 Å². The van der Waals surface area contributed by atoms with Gasteiger partial charge in [0.1, 0.15) is 5.03 Å². The Hall–Kier alpha value is -1.04. The number of aromatic nitrogens is 3. The Balaban J connectivity index is 2.74. The Morgan fingerprint density at radius 1 is 1.90 bits per heavy atom. The van der Waals surface area contributed by atoms with E-state index in [1.165, 1.54) is 10.9 Å². The molecule has 1 rings (SSSR count). The molecule has 54 valence electrons. The van der Waals surface area contributed by atoms with Gasteiger partial charge in [0.2, 0.25) is 0 Å². The first-order chi connectivity index (χ1) is 4.70. The van der Waals surface area contributed by atoms with Crippen LogP contribution < -0.4 is 0 Å². The third kappa shape index (κ3) is 1.47. The van der Waals surface area contributed by atoms with Crippen LogP contribution in [0.15, 0.2) is 11.2 Å². The summed E-state index contributed by atoms with van der Waals surface area (Å²) in [5.41, 5.74) is 0. The summed E-state index contributed by atoms with van der Waals surface area (Å²) in [5.74, 6) is 0. The maximum Gasteiger partial charge on any atom is 0.371 e. The van der Waals surface area contributed by atoms with Crippen LogP contribution in [0.1, 0.15) is 0 Å². The normalized spacial score (nSPS) is 9.70. The standard InChI is InChI=1S/C4H5N3O2S/c1-7-3(2-5-6-7)10-4(8)9/h2H,1H3,(H,8,9). The average molecular weight is 159 g/mol. The second-order valence-corrected chi connectivity index (χ2v) is 2.54. The van der Waals surface area contributed by atoms with Crippen molar-refractivity contribution < 1.29 is 9.90 Å². The highest BCUT2D eigenvalue weighted by Gasteiger charge is 2.04. The predicted molar refractivity (Wildman–Crippen MR) is 34.9 cm³/mol. The van der Waals surface area contributed by atoms with Crippen LogP contribution in [-0.2, 0) is 7.05 Å². The smallest absolute Gasteiger partial charge is 0.371 e. The quantitative estimate of drug-likeness (QED) is 0.607. The van der Waals surface area contributed by atoms with E-state index in [1.807, 2.05) is 0 Å². The number of thioether (sulfide) groups is 1. The van der Waals surface area contributed by atoms with Crippen molar-refractivity contribution in [3.63, 3.8) is 0 Å². The Morgan fingerprint density at radius 2 is 2.60 bits per heavy atom. The zero-order chi connectivity index (χ0) is 7.56. The fourth-order valence-corrected chi connectivity index (χ4v) is 0.910. The molecule has 0 aliphatic heterocycles. The molecule has 1 heterocycles. The molecule has 0 fully saturated rings. The zero-order valence-corrected chi connectivity index (χ0v) is 6.00. The van der Waals surface area contributed by atoms with Crippen molar-refractivity contribution in [3.8, 4) is 0 Å². The minimum Gasteiger partial charge on any atom is -0.473 e. The van der Waals surface area contributed by atoms with E-state index in [0.29, 0.717) is 16.8 Å². The van der Waals surface area contributed by atoms with Crippen LogP contribution in [0.3, 0.4) is 0 Å². The molecule has 0 bridgehead atoms. The lowest BCUT2D eigenvalue weighted by Gasteiger charge is -1.91. The van der Waals surface area contributed by atoms with Crippen LogP contribution in [0.2, 0.25) is 0 Å². The number of nitrogens with zero attached hydrogens (tertiary/aromatic N) is 3. The van der Waals surface area contributed by atoms with Gasteiger partial charge in [0.05, 0.1) is 6.20 Å². The topological polar surface area (TPSA) is 68.0 Å². The summed E-state index contributed by atoms with van der Waals surface area (Å²) in [6.45, 7) is 0. The van der Waals surface area contributed by atoms with E-state index in [2.05, 4.69) is 10.3 Å². The number of hydrogen-bond acceptors (Lipinski definition) is 4. The molecule has 0 saturated heterocycles. The van der Waals surface area contributed by atoms with E-state index in [-0.39, 0.29) is 0 Å². The maximum atomic E-state index is 10.1. The highest BCUT2D eigenvalue weighted by Crippen LogP contribution is 2.14. The summed E-state index contributed by atoms with van der Waals surface area (Å²) in [7, 11) is 1.64. The summed E-state index contributed by atoms with van der Waals surface area (Å²) in [5, 5.41) is 14.9. The third-order valence-corrected chi connectivity index (χ3v) is 1.62. The average Bonchev–Trinajstić information content (AvgIpc) is 2.15. The summed E-state index contributed by atoms with van der Waals surface area (Å²) < 4.78 is 1.40. The predicted octanol–water partition coefficient (Wildman–Crippen LogP) is 0.585. The Labute approximate surface area is 61.0 Å². The van der Waals surface area contributed by atoms with Gasteiger partial charge < -0.3 is 5.11 Å². The number of hydrogen-bond donors (Lipinski definition) is 1. The summed E-state index contributed by atoms with van der Waals surface area (Å²) in [6, 6.07) is 0. The second-order valence-electron chi connectivity index (χ2n) is 1.56. The highest BCUT2D eigenvalue weighted by atomic mass is 32.2. The lowest BCUT2D eigenvalue weighted by Crippen LogP contribution is -1.94. The van der Waals surface area contributed by atoms with Crippen molar-refractivity contribution in [2.75, 3.05) is 0 Å². The number of carboxylic acid groups (broad SMARTS) is 1. The molecule has 6 heteroatoms. The van der Waals surface area contributed by atoms with Gasteiger partial charge >= 0.3 is 5.30 Å². The molecular formula is C4H5N3O2S. The molecule has 0 aliphatic carbocycles. The molecule has 0 radical (unpaired) electrons. The van der Waals surface area contributed by atoms with Gasteiger partial charge in [-0.3, -0.25) is 0 Å². The van der Waals surface area contributed by atoms with Crippen LogP contribution >= 0.6 is 11.8 Å². The van der Waals surface area contributed by atoms with Gasteiger partial charge in [-0.1, -0.05) is 5.21 Å². The van der Waals surface area contributed by atoms with Gasteiger partial charge in [0.15, 0.2) is 0 Å². The lowest BCUT2D eigenvalue weighted by molar-refractivity contribution is 0.222. The van der Waals surface area contributed by atoms with Crippen molar-refractivity contribution >= 4 is 17.1 Å². The van der Waals surface area contributed by atoms with Crippen molar-refractivity contribution in [2.24, 2.45) is 7.05 Å². The molecule has 1 N–H and O–H groups in total. The summed E-state index contributed by atoms with van der Waals surface area (Å²) in [4.78, 5) is 10.1. The SMILES string of the molecule is Cn1nncc1SC(=O)O. The molecule has 0 unspecified atom stereocenters. The number of carbonyl (C=O) groups is 1. The molecule has 10 heavy (non-hydrogen) atoms. The summed E-state index contributed by atoms with van der Waals surface area (Å²) in [6.07, 6.45) is 1.40. The van der Waals surface area contributed by atoms with Crippen LogP contribution in [0.25, 0.3) is 0 Å². The van der Waals surface area contributed by atoms with E-state index in [1.54, 1.807) is 7.05 Å². The van der Waals surface area contributed by atoms with Gasteiger partial charge in [0.25, 0.3) is 0 Å². The summed E-state index contributed by atoms with van der Waals surface area (Å²) >= 11 is 0.686. The van der Waals surface area contributed by atoms with Crippen LogP contribution in [-0.4, -0.2) is 25.4 Å². The molecule has 1 aromatic heterocycles. The van der Waals surface area contributed by atoms with Crippen LogP contribution in [0.4, 0.5) is 4.79 Å². The van der Waals surface area contributed by atoms with Crippen molar-refractivity contribution in [1.29, 1.82) is 0 Å². The van der Waals surface area contributed by atoms with E-state index in [0.717, 1.165) is 0 Å². The minimum absolute atomic E-state index is 0.521.